The Morgan fingerprint density at radius 1 is 0.537 bits per heavy atom. The highest BCUT2D eigenvalue weighted by Crippen LogP contribution is 2.45. The number of methoxy groups -OCH3 is 4. The molecule has 0 radical (unpaired) electrons. The molecule has 4 aliphatic rings. The highest BCUT2D eigenvalue weighted by Gasteiger charge is 2.61. The second kappa shape index (κ2) is 33.6. The van der Waals surface area contributed by atoms with Crippen LogP contribution in [0.4, 0.5) is 13.2 Å². The smallest absolute Gasteiger partial charge is 0.446 e. The fraction of sp³-hybridized carbons (Fsp3) is 0.444. The predicted molar refractivity (Wildman–Crippen MR) is 326 cm³/mol. The lowest BCUT2D eigenvalue weighted by Crippen LogP contribution is -2.58. The molecule has 6 N–H and O–H groups in total. The Morgan fingerprint density at radius 3 is 1.28 bits per heavy atom. The number of rotatable bonds is 20. The molecule has 10 rings (SSSR count). The van der Waals surface area contributed by atoms with Gasteiger partial charge >= 0.3 is 18.1 Å². The Balaban J connectivity index is 0.000000240. The number of amides is 2. The number of nitrogens with one attached hydrogen (secondary N) is 2. The van der Waals surface area contributed by atoms with Crippen LogP contribution >= 0.6 is 23.2 Å². The van der Waals surface area contributed by atoms with E-state index in [-0.39, 0.29) is 37.1 Å². The topological polar surface area (TPSA) is 353 Å². The minimum atomic E-state index is -4.64. The van der Waals surface area contributed by atoms with Gasteiger partial charge in [-0.3, -0.25) is 24.0 Å². The highest BCUT2D eigenvalue weighted by atomic mass is 35.5. The average Bonchev–Trinajstić information content (AvgIpc) is 1.60. The Labute approximate surface area is 551 Å². The number of esters is 2. The van der Waals surface area contributed by atoms with Gasteiger partial charge in [-0.15, -0.1) is 23.2 Å². The number of carbonyl (C=O) groups is 5. The number of fused-ring (bicyclic) bond motifs is 3. The van der Waals surface area contributed by atoms with Crippen LogP contribution in [0.2, 0.25) is 0 Å². The number of benzene rings is 4. The quantitative estimate of drug-likeness (QED) is 0.0298. The van der Waals surface area contributed by atoms with Gasteiger partial charge < -0.3 is 96.9 Å². The highest BCUT2D eigenvalue weighted by molar-refractivity contribution is 6.40. The molecular formula is C63H71Cl2F3N4O23. The number of hydrogen-bond donors (Lipinski definition) is 6. The maximum absolute atomic E-state index is 13.0. The maximum Gasteiger partial charge on any atom is 0.446 e. The van der Waals surface area contributed by atoms with E-state index in [1.54, 1.807) is 80.4 Å². The molecule has 6 heterocycles. The van der Waals surface area contributed by atoms with Crippen molar-refractivity contribution in [1.29, 1.82) is 0 Å². The van der Waals surface area contributed by atoms with E-state index >= 15 is 0 Å². The third kappa shape index (κ3) is 20.3. The van der Waals surface area contributed by atoms with E-state index in [1.807, 2.05) is 72.8 Å². The number of aldehydes is 1. The van der Waals surface area contributed by atoms with E-state index in [0.717, 1.165) is 22.3 Å². The van der Waals surface area contributed by atoms with E-state index in [4.69, 9.17) is 93.9 Å². The van der Waals surface area contributed by atoms with Gasteiger partial charge in [-0.2, -0.15) is 13.2 Å². The first-order valence-electron chi connectivity index (χ1n) is 28.9. The van der Waals surface area contributed by atoms with E-state index in [0.29, 0.717) is 51.3 Å². The van der Waals surface area contributed by atoms with Crippen LogP contribution in [0.3, 0.4) is 0 Å². The lowest BCUT2D eigenvalue weighted by atomic mass is 9.98. The first-order valence-corrected chi connectivity index (χ1v) is 30.0. The lowest BCUT2D eigenvalue weighted by molar-refractivity contribution is -0.287. The van der Waals surface area contributed by atoms with Crippen molar-refractivity contribution in [3.05, 3.63) is 109 Å². The molecule has 2 aromatic heterocycles. The van der Waals surface area contributed by atoms with Crippen LogP contribution in [-0.2, 0) is 74.7 Å². The molecule has 32 heteroatoms. The van der Waals surface area contributed by atoms with E-state index in [1.165, 1.54) is 0 Å². The number of aliphatic hydroxyl groups excluding tert-OH is 4. The first kappa shape index (κ1) is 74.4. The minimum Gasteiger partial charge on any atom is -0.497 e. The molecular weight excluding hydrogens is 1310 g/mol. The zero-order valence-electron chi connectivity index (χ0n) is 52.4. The maximum atomic E-state index is 13.0. The molecule has 516 valence electrons. The SMILES string of the molecule is COc1ccc(-c2noc(CC(=O)NCC(=O)OCC3OC(O)C(O)C(O)C3O)c2-c2ccc(OC)cc2)cc1.COc1ccc(-c2noc(CC(=O)NCC(=O)OCC3OC4OC(C)(C)OC4C4OC(C)(C)OC34)c2-c2ccc(OC)cc2)cc1.ClCCl.O=CC(F)(F)F. The van der Waals surface area contributed by atoms with Crippen LogP contribution in [0.1, 0.15) is 39.2 Å². The summed E-state index contributed by atoms with van der Waals surface area (Å²) in [7, 11) is 6.30. The van der Waals surface area contributed by atoms with Gasteiger partial charge in [-0.05, 0) is 112 Å². The molecule has 10 unspecified atom stereocenters. The molecule has 95 heavy (non-hydrogen) atoms. The summed E-state index contributed by atoms with van der Waals surface area (Å²) in [6, 6.07) is 29.1. The summed E-state index contributed by atoms with van der Waals surface area (Å²) in [5.74, 6) is -0.950. The van der Waals surface area contributed by atoms with Crippen LogP contribution in [0.25, 0.3) is 44.8 Å². The van der Waals surface area contributed by atoms with Gasteiger partial charge in [0.1, 0.15) is 110 Å². The van der Waals surface area contributed by atoms with Crippen molar-refractivity contribution in [3.63, 3.8) is 0 Å². The molecule has 6 aromatic rings. The van der Waals surface area contributed by atoms with Crippen molar-refractivity contribution in [1.82, 2.24) is 20.9 Å². The van der Waals surface area contributed by atoms with Gasteiger partial charge in [-0.25, -0.2) is 0 Å². The number of aliphatic hydroxyl groups is 4. The van der Waals surface area contributed by atoms with Crippen molar-refractivity contribution in [2.24, 2.45) is 0 Å². The number of ether oxygens (including phenoxy) is 12. The number of alkyl halides is 5. The first-order chi connectivity index (χ1) is 45.1. The van der Waals surface area contributed by atoms with Gasteiger partial charge in [0.05, 0.1) is 57.7 Å². The number of carbonyl (C=O) groups excluding carboxylic acids is 5. The van der Waals surface area contributed by atoms with Crippen molar-refractivity contribution in [2.75, 3.05) is 60.1 Å². The van der Waals surface area contributed by atoms with Crippen LogP contribution in [0, 0.1) is 0 Å². The van der Waals surface area contributed by atoms with Gasteiger partial charge in [-0.1, -0.05) is 34.6 Å². The van der Waals surface area contributed by atoms with Crippen molar-refractivity contribution < 1.29 is 123 Å². The van der Waals surface area contributed by atoms with E-state index in [9.17, 15) is 52.8 Å². The number of nitrogens with zero attached hydrogens (tertiary/aromatic N) is 2. The average molecular weight is 1380 g/mol. The molecule has 10 atom stereocenters. The molecule has 0 bridgehead atoms. The standard InChI is InChI=1S/C33H38N2O11.C27H30N2O11.C2HF3O.CH2Cl2/c1-32(2)42-28-23(41-31-30(29(28)43-32)44-33(3,4)45-31)17-40-25(37)16-34-24(36)15-22-26(18-7-11-20(38-5)12-8-18)27(35-46-22)19-9-13-21(39-6)14-10-19;1-36-16-7-3-14(4-8-16)22-18(40-29-23(22)15-5-9-17(37-2)10-6-15)11-20(30)28-12-21(31)38-13-19-24(32)25(33)26(34)27(35)39-19;3-2(4,5)1-6;2-1-3/h7-14,23,28-31H,15-17H2,1-6H3,(H,34,36);3-10,19,24-27,32-35H,11-13H2,1-2H3,(H,28,30);1H;1H2. The van der Waals surface area contributed by atoms with Crippen LogP contribution in [0.15, 0.2) is 106 Å². The Morgan fingerprint density at radius 2 is 0.895 bits per heavy atom. The number of aromatic nitrogens is 2. The second-order valence-corrected chi connectivity index (χ2v) is 22.7. The summed E-state index contributed by atoms with van der Waals surface area (Å²) < 4.78 is 109. The van der Waals surface area contributed by atoms with Gasteiger partial charge in [0.2, 0.25) is 18.1 Å². The molecule has 2 amide bonds. The normalized spacial score (nSPS) is 22.8. The Kier molecular flexibility index (Phi) is 26.3. The summed E-state index contributed by atoms with van der Waals surface area (Å²) in [4.78, 5) is 59.3. The zero-order valence-corrected chi connectivity index (χ0v) is 53.9. The molecule has 4 fully saturated rings. The van der Waals surface area contributed by atoms with Crippen molar-refractivity contribution in [2.45, 2.75) is 120 Å². The second-order valence-electron chi connectivity index (χ2n) is 21.9. The van der Waals surface area contributed by atoms with Gasteiger partial charge in [0, 0.05) is 11.1 Å². The van der Waals surface area contributed by atoms with E-state index in [2.05, 4.69) is 20.9 Å². The van der Waals surface area contributed by atoms with Crippen LogP contribution in [-0.4, -0.2) is 200 Å². The molecule has 0 aliphatic carbocycles. The third-order valence-corrected chi connectivity index (χ3v) is 14.4. The fourth-order valence-corrected chi connectivity index (χ4v) is 10.00. The fourth-order valence-electron chi connectivity index (χ4n) is 10.00. The third-order valence-electron chi connectivity index (χ3n) is 14.4. The molecule has 0 spiro atoms. The molecule has 27 nitrogen and oxygen atoms in total. The summed E-state index contributed by atoms with van der Waals surface area (Å²) in [6.45, 7) is 5.67. The summed E-state index contributed by atoms with van der Waals surface area (Å²) in [5.41, 5.74) is 5.34. The van der Waals surface area contributed by atoms with Gasteiger partial charge in [0.15, 0.2) is 35.7 Å². The number of halogens is 5. The summed E-state index contributed by atoms with van der Waals surface area (Å²) in [5, 5.41) is 52.5. The minimum absolute atomic E-state index is 0.128. The van der Waals surface area contributed by atoms with Crippen molar-refractivity contribution >= 4 is 53.2 Å². The zero-order chi connectivity index (χ0) is 69.4. The van der Waals surface area contributed by atoms with E-state index < -0.39 is 122 Å². The number of hydrogen-bond acceptors (Lipinski definition) is 25. The Bertz CT molecular complexity index is 3490. The molecule has 4 saturated heterocycles. The lowest BCUT2D eigenvalue weighted by Gasteiger charge is -2.37. The predicted octanol–water partition coefficient (Wildman–Crippen LogP) is 5.82. The summed E-state index contributed by atoms with van der Waals surface area (Å²) in [6.07, 6.45) is -17.0. The largest absolute Gasteiger partial charge is 0.497 e. The molecule has 4 aliphatic heterocycles. The van der Waals surface area contributed by atoms with Crippen molar-refractivity contribution in [3.8, 4) is 67.8 Å². The van der Waals surface area contributed by atoms with Crippen LogP contribution in [0.5, 0.6) is 23.0 Å². The summed E-state index contributed by atoms with van der Waals surface area (Å²) >= 11 is 9.53. The molecule has 0 saturated carbocycles. The Hall–Kier alpha value is -7.98. The van der Waals surface area contributed by atoms with Crippen LogP contribution < -0.4 is 29.6 Å². The van der Waals surface area contributed by atoms with Gasteiger partial charge in [0.25, 0.3) is 0 Å². The molecule has 4 aromatic carbocycles. The monoisotopic (exact) mass is 1380 g/mol.